The van der Waals surface area contributed by atoms with Crippen LogP contribution in [0.2, 0.25) is 0 Å². The molecule has 10 nitrogen and oxygen atoms in total. The molecule has 14 heteroatoms. The molecule has 0 aliphatic rings. The van der Waals surface area contributed by atoms with E-state index in [1.807, 2.05) is 6.92 Å². The fourth-order valence-electron chi connectivity index (χ4n) is 3.87. The van der Waals surface area contributed by atoms with E-state index in [0.29, 0.717) is 25.2 Å². The molecule has 0 atom stereocenters. The number of rotatable bonds is 8. The molecule has 1 amide bonds. The largest absolute Gasteiger partial charge is 0.417 e. The highest BCUT2D eigenvalue weighted by atomic mass is 32.2. The number of halogens is 3. The second kappa shape index (κ2) is 9.91. The molecule has 0 saturated carbocycles. The van der Waals surface area contributed by atoms with Gasteiger partial charge >= 0.3 is 11.9 Å². The molecule has 2 aromatic heterocycles. The number of fused-ring (bicyclic) bond motifs is 1. The van der Waals surface area contributed by atoms with Crippen molar-refractivity contribution in [3.8, 4) is 11.3 Å². The van der Waals surface area contributed by atoms with E-state index in [-0.39, 0.29) is 27.2 Å². The van der Waals surface area contributed by atoms with Gasteiger partial charge in [0.1, 0.15) is 0 Å². The monoisotopic (exact) mass is 529 g/mol. The maximum atomic E-state index is 14.0. The van der Waals surface area contributed by atoms with Gasteiger partial charge in [-0.3, -0.25) is 14.3 Å². The number of hydrogen-bond acceptors (Lipinski definition) is 6. The van der Waals surface area contributed by atoms with Crippen LogP contribution in [0.3, 0.4) is 0 Å². The minimum absolute atomic E-state index is 0.0620. The highest BCUT2D eigenvalue weighted by molar-refractivity contribution is 7.92. The number of nitrogens with one attached hydrogen (secondary N) is 1. The van der Waals surface area contributed by atoms with Gasteiger partial charge in [-0.2, -0.15) is 18.3 Å². The molecule has 0 bridgehead atoms. The van der Waals surface area contributed by atoms with Crippen LogP contribution in [0.5, 0.6) is 0 Å². The fourth-order valence-corrected chi connectivity index (χ4v) is 4.78. The van der Waals surface area contributed by atoms with Gasteiger partial charge in [0.25, 0.3) is 21.5 Å². The Labute approximate surface area is 204 Å². The molecular formula is C22H26F3N5O5S. The van der Waals surface area contributed by atoms with Crippen molar-refractivity contribution in [3.63, 3.8) is 0 Å². The molecule has 36 heavy (non-hydrogen) atoms. The maximum Gasteiger partial charge on any atom is 0.417 e. The Morgan fingerprint density at radius 2 is 1.86 bits per heavy atom. The molecule has 0 aliphatic heterocycles. The topological polar surface area (TPSA) is 127 Å². The zero-order valence-corrected chi connectivity index (χ0v) is 20.9. The normalized spacial score (nSPS) is 12.4. The first-order chi connectivity index (χ1) is 16.7. The molecule has 0 spiro atoms. The number of benzene rings is 1. The lowest BCUT2D eigenvalue weighted by atomic mass is 10.0. The van der Waals surface area contributed by atoms with Crippen molar-refractivity contribution in [1.29, 1.82) is 0 Å². The van der Waals surface area contributed by atoms with Crippen LogP contribution in [-0.2, 0) is 21.0 Å². The highest BCUT2D eigenvalue weighted by Gasteiger charge is 2.36. The highest BCUT2D eigenvalue weighted by Crippen LogP contribution is 2.39. The summed E-state index contributed by atoms with van der Waals surface area (Å²) in [5, 5.41) is 3.63. The van der Waals surface area contributed by atoms with Crippen LogP contribution in [0.4, 0.5) is 13.2 Å². The standard InChI is InChI=1S/C22H26F3N5O5S/c1-5-6-7-8-19(31)30(36(4,34)35)29-20(32)15-11-14(18-9-10-26-28(18)13(2)3)16(22(23,24)25)12-17(15)27-21(29)33/h9-13H,5-8H2,1-4H3,(H,27,33). The van der Waals surface area contributed by atoms with Crippen LogP contribution in [0, 0.1) is 0 Å². The van der Waals surface area contributed by atoms with Crippen molar-refractivity contribution >= 4 is 26.8 Å². The van der Waals surface area contributed by atoms with Gasteiger partial charge < -0.3 is 4.98 Å². The zero-order chi connectivity index (χ0) is 27.0. The van der Waals surface area contributed by atoms with Crippen LogP contribution in [0.1, 0.15) is 58.1 Å². The Morgan fingerprint density at radius 1 is 1.19 bits per heavy atom. The van der Waals surface area contributed by atoms with E-state index in [4.69, 9.17) is 0 Å². The van der Waals surface area contributed by atoms with Crippen molar-refractivity contribution in [2.24, 2.45) is 0 Å². The lowest BCUT2D eigenvalue weighted by Crippen LogP contribution is -2.55. The van der Waals surface area contributed by atoms with Crippen molar-refractivity contribution in [3.05, 3.63) is 50.8 Å². The van der Waals surface area contributed by atoms with E-state index in [2.05, 4.69) is 10.1 Å². The van der Waals surface area contributed by atoms with E-state index in [0.717, 1.165) is 12.5 Å². The van der Waals surface area contributed by atoms with Crippen LogP contribution in [0.25, 0.3) is 22.2 Å². The first-order valence-electron chi connectivity index (χ1n) is 11.2. The molecule has 0 saturated heterocycles. The van der Waals surface area contributed by atoms with E-state index in [9.17, 15) is 36.0 Å². The number of sulfonamides is 1. The summed E-state index contributed by atoms with van der Waals surface area (Å²) in [5.41, 5.74) is -4.53. The number of aromatic nitrogens is 4. The summed E-state index contributed by atoms with van der Waals surface area (Å²) in [7, 11) is -4.44. The van der Waals surface area contributed by atoms with Crippen molar-refractivity contribution in [1.82, 2.24) is 19.4 Å². The number of H-pyrrole nitrogens is 1. The molecule has 0 aliphatic carbocycles. The Morgan fingerprint density at radius 3 is 2.42 bits per heavy atom. The zero-order valence-electron chi connectivity index (χ0n) is 20.1. The fraction of sp³-hybridized carbons (Fsp3) is 0.455. The Bertz CT molecular complexity index is 1520. The van der Waals surface area contributed by atoms with Gasteiger partial charge in [0.05, 0.1) is 28.4 Å². The second-order valence-corrected chi connectivity index (χ2v) is 10.4. The summed E-state index contributed by atoms with van der Waals surface area (Å²) in [5.74, 6) is -1.01. The minimum atomic E-state index is -4.85. The predicted octanol–water partition coefficient (Wildman–Crippen LogP) is 3.16. The van der Waals surface area contributed by atoms with Gasteiger partial charge in [-0.1, -0.05) is 19.8 Å². The van der Waals surface area contributed by atoms with Gasteiger partial charge in [0.15, 0.2) is 0 Å². The number of amides is 1. The predicted molar refractivity (Wildman–Crippen MR) is 128 cm³/mol. The molecule has 0 unspecified atom stereocenters. The van der Waals surface area contributed by atoms with Crippen molar-refractivity contribution in [2.45, 2.75) is 58.7 Å². The summed E-state index contributed by atoms with van der Waals surface area (Å²) in [6, 6.07) is 2.56. The van der Waals surface area contributed by atoms with Gasteiger partial charge in [0.2, 0.25) is 0 Å². The molecule has 196 valence electrons. The summed E-state index contributed by atoms with van der Waals surface area (Å²) in [4.78, 5) is 41.0. The van der Waals surface area contributed by atoms with Crippen molar-refractivity contribution in [2.75, 3.05) is 10.7 Å². The number of aromatic amines is 1. The molecule has 0 radical (unpaired) electrons. The Hall–Kier alpha value is -3.42. The Kier molecular flexibility index (Phi) is 7.48. The third-order valence-corrected chi connectivity index (χ3v) is 6.45. The number of unbranched alkanes of at least 4 members (excludes halogenated alkanes) is 2. The van der Waals surface area contributed by atoms with Crippen LogP contribution >= 0.6 is 0 Å². The first-order valence-corrected chi connectivity index (χ1v) is 13.0. The number of carbonyl (C=O) groups excluding carboxylic acids is 1. The Balaban J connectivity index is 2.36. The molecule has 2 heterocycles. The maximum absolute atomic E-state index is 14.0. The molecule has 0 fully saturated rings. The molecular weight excluding hydrogens is 503 g/mol. The second-order valence-electron chi connectivity index (χ2n) is 8.60. The number of alkyl halides is 3. The minimum Gasteiger partial charge on any atom is -0.305 e. The summed E-state index contributed by atoms with van der Waals surface area (Å²) >= 11 is 0. The van der Waals surface area contributed by atoms with E-state index >= 15 is 0 Å². The van der Waals surface area contributed by atoms with Crippen LogP contribution < -0.4 is 15.7 Å². The van der Waals surface area contributed by atoms with E-state index in [1.54, 1.807) is 13.8 Å². The molecule has 1 aromatic carbocycles. The number of nitrogens with zero attached hydrogens (tertiary/aromatic N) is 4. The quantitative estimate of drug-likeness (QED) is 0.447. The lowest BCUT2D eigenvalue weighted by Gasteiger charge is -2.22. The first kappa shape index (κ1) is 27.2. The van der Waals surface area contributed by atoms with E-state index in [1.165, 1.54) is 16.9 Å². The summed E-state index contributed by atoms with van der Waals surface area (Å²) in [6.07, 6.45) is -1.48. The molecule has 3 aromatic rings. The third-order valence-electron chi connectivity index (χ3n) is 5.46. The lowest BCUT2D eigenvalue weighted by molar-refractivity contribution is -0.137. The average Bonchev–Trinajstić information content (AvgIpc) is 3.24. The van der Waals surface area contributed by atoms with Crippen molar-refractivity contribution < 1.29 is 26.4 Å². The van der Waals surface area contributed by atoms with Gasteiger partial charge in [-0.05, 0) is 38.5 Å². The smallest absolute Gasteiger partial charge is 0.305 e. The van der Waals surface area contributed by atoms with Gasteiger partial charge in [-0.25, -0.2) is 13.2 Å². The SMILES string of the molecule is CCCCCC(=O)N(n1c(=O)[nH]c2cc(C(F)(F)F)c(-c3ccnn3C(C)C)cc2c1=O)S(C)(=O)=O. The van der Waals surface area contributed by atoms with E-state index < -0.39 is 55.4 Å². The number of carbonyl (C=O) groups is 1. The van der Waals surface area contributed by atoms with Crippen LogP contribution in [0.15, 0.2) is 34.0 Å². The number of hydrogen-bond donors (Lipinski definition) is 1. The summed E-state index contributed by atoms with van der Waals surface area (Å²) < 4.78 is 68.3. The van der Waals surface area contributed by atoms with Crippen LogP contribution in [-0.4, -0.2) is 40.0 Å². The molecule has 3 rings (SSSR count). The average molecular weight is 530 g/mol. The summed E-state index contributed by atoms with van der Waals surface area (Å²) in [6.45, 7) is 5.29. The molecule has 1 N–H and O–H groups in total. The third kappa shape index (κ3) is 5.22. The van der Waals surface area contributed by atoms with Gasteiger partial charge in [-0.15, -0.1) is 9.09 Å². The van der Waals surface area contributed by atoms with Gasteiger partial charge in [0, 0.05) is 24.2 Å².